The molecular weight excluding hydrogens is 302 g/mol. The van der Waals surface area contributed by atoms with Gasteiger partial charge in [0.15, 0.2) is 0 Å². The van der Waals surface area contributed by atoms with E-state index in [0.717, 1.165) is 24.3 Å². The fraction of sp³-hybridized carbons (Fsp3) is 0.400. The predicted octanol–water partition coefficient (Wildman–Crippen LogP) is 6.03. The second-order valence-electron chi connectivity index (χ2n) is 5.79. The molecule has 23 heavy (non-hydrogen) atoms. The van der Waals surface area contributed by atoms with Crippen LogP contribution in [0.1, 0.15) is 50.0 Å². The molecule has 0 spiro atoms. The van der Waals surface area contributed by atoms with Crippen LogP contribution in [0, 0.1) is 0 Å². The number of unbranched alkanes of at least 4 members (excludes halogenated alkanes) is 2. The molecule has 1 N–H and O–H groups in total. The molecule has 2 rings (SSSR count). The zero-order valence-electron chi connectivity index (χ0n) is 14.2. The largest absolute Gasteiger partial charge is 0.507 e. The van der Waals surface area contributed by atoms with E-state index in [2.05, 4.69) is 36.3 Å². The Morgan fingerprint density at radius 1 is 1.04 bits per heavy atom. The zero-order valence-corrected chi connectivity index (χ0v) is 15.0. The van der Waals surface area contributed by atoms with Gasteiger partial charge in [-0.1, -0.05) is 32.8 Å². The van der Waals surface area contributed by atoms with Crippen LogP contribution in [0.4, 0.5) is 5.69 Å². The Morgan fingerprint density at radius 2 is 1.78 bits per heavy atom. The molecule has 1 aromatic heterocycles. The molecule has 0 amide bonds. The van der Waals surface area contributed by atoms with Gasteiger partial charge >= 0.3 is 0 Å². The highest BCUT2D eigenvalue weighted by Crippen LogP contribution is 2.27. The Labute approximate surface area is 144 Å². The number of phenols is 1. The zero-order chi connectivity index (χ0) is 16.5. The van der Waals surface area contributed by atoms with Crippen LogP contribution in [-0.2, 0) is 0 Å². The quantitative estimate of drug-likeness (QED) is 0.607. The first-order valence-electron chi connectivity index (χ1n) is 8.54. The average molecular weight is 330 g/mol. The van der Waals surface area contributed by atoms with Crippen molar-refractivity contribution in [3.8, 4) is 5.75 Å². The third-order valence-corrected chi connectivity index (χ3v) is 4.75. The topological polar surface area (TPSA) is 23.5 Å². The summed E-state index contributed by atoms with van der Waals surface area (Å²) in [5.74, 6) is 0.355. The monoisotopic (exact) mass is 329 g/mol. The number of rotatable bonds is 9. The van der Waals surface area contributed by atoms with Crippen LogP contribution in [0.25, 0.3) is 12.2 Å². The molecule has 0 bridgehead atoms. The molecule has 3 heteroatoms. The van der Waals surface area contributed by atoms with Gasteiger partial charge in [-0.05, 0) is 48.6 Å². The van der Waals surface area contributed by atoms with Gasteiger partial charge in [0.25, 0.3) is 0 Å². The molecule has 0 aliphatic heterocycles. The van der Waals surface area contributed by atoms with Crippen molar-refractivity contribution in [2.75, 3.05) is 18.0 Å². The standard InChI is InChI=1S/C20H27NOS/c1-3-5-13-21(14-6-4-2)18-11-9-17(20(22)16-18)10-12-19-8-7-15-23-19/h7-12,15-16,22H,3-6,13-14H2,1-2H3. The Bertz CT molecular complexity index is 596. The smallest absolute Gasteiger partial charge is 0.124 e. The van der Waals surface area contributed by atoms with Crippen LogP contribution in [-0.4, -0.2) is 18.2 Å². The van der Waals surface area contributed by atoms with E-state index in [1.54, 1.807) is 11.3 Å². The molecule has 0 unspecified atom stereocenters. The maximum atomic E-state index is 10.3. The lowest BCUT2D eigenvalue weighted by molar-refractivity contribution is 0.474. The minimum Gasteiger partial charge on any atom is -0.507 e. The normalized spacial score (nSPS) is 11.2. The van der Waals surface area contributed by atoms with E-state index in [-0.39, 0.29) is 0 Å². The van der Waals surface area contributed by atoms with Gasteiger partial charge in [-0.15, -0.1) is 11.3 Å². The van der Waals surface area contributed by atoms with Gasteiger partial charge in [0, 0.05) is 35.3 Å². The van der Waals surface area contributed by atoms with Crippen molar-refractivity contribution in [1.82, 2.24) is 0 Å². The molecule has 0 radical (unpaired) electrons. The van der Waals surface area contributed by atoms with E-state index in [4.69, 9.17) is 0 Å². The molecule has 0 saturated heterocycles. The second kappa shape index (κ2) is 9.41. The first kappa shape index (κ1) is 17.6. The van der Waals surface area contributed by atoms with Crippen molar-refractivity contribution >= 4 is 29.2 Å². The van der Waals surface area contributed by atoms with Gasteiger partial charge in [-0.3, -0.25) is 0 Å². The number of hydrogen-bond donors (Lipinski definition) is 1. The second-order valence-corrected chi connectivity index (χ2v) is 6.77. The van der Waals surface area contributed by atoms with Gasteiger partial charge in [-0.2, -0.15) is 0 Å². The Balaban J connectivity index is 2.11. The van der Waals surface area contributed by atoms with Gasteiger partial charge in [-0.25, -0.2) is 0 Å². The minimum atomic E-state index is 0.355. The average Bonchev–Trinajstić information content (AvgIpc) is 3.07. The first-order chi connectivity index (χ1) is 11.2. The summed E-state index contributed by atoms with van der Waals surface area (Å²) in [5.41, 5.74) is 1.99. The van der Waals surface area contributed by atoms with Gasteiger partial charge in [0.1, 0.15) is 5.75 Å². The summed E-state index contributed by atoms with van der Waals surface area (Å²) in [6, 6.07) is 10.1. The Morgan fingerprint density at radius 3 is 2.35 bits per heavy atom. The number of phenolic OH excluding ortho intramolecular Hbond substituents is 1. The molecule has 1 aromatic carbocycles. The summed E-state index contributed by atoms with van der Waals surface area (Å²) in [6.07, 6.45) is 8.78. The van der Waals surface area contributed by atoms with E-state index in [0.29, 0.717) is 5.75 Å². The van der Waals surface area contributed by atoms with E-state index in [9.17, 15) is 5.11 Å². The fourth-order valence-corrected chi connectivity index (χ4v) is 3.11. The molecular formula is C20H27NOS. The highest BCUT2D eigenvalue weighted by molar-refractivity contribution is 7.10. The lowest BCUT2D eigenvalue weighted by Gasteiger charge is -2.25. The van der Waals surface area contributed by atoms with Crippen LogP contribution in [0.2, 0.25) is 0 Å². The van der Waals surface area contributed by atoms with Crippen molar-refractivity contribution in [2.45, 2.75) is 39.5 Å². The van der Waals surface area contributed by atoms with E-state index in [1.165, 1.54) is 30.6 Å². The van der Waals surface area contributed by atoms with E-state index >= 15 is 0 Å². The molecule has 0 aliphatic carbocycles. The fourth-order valence-electron chi connectivity index (χ4n) is 2.50. The predicted molar refractivity (Wildman–Crippen MR) is 103 cm³/mol. The molecule has 1 heterocycles. The summed E-state index contributed by atoms with van der Waals surface area (Å²) in [7, 11) is 0. The highest BCUT2D eigenvalue weighted by atomic mass is 32.1. The molecule has 0 atom stereocenters. The Hall–Kier alpha value is -1.74. The molecule has 2 nitrogen and oxygen atoms in total. The Kier molecular flexibility index (Phi) is 7.21. The molecule has 124 valence electrons. The molecule has 2 aromatic rings. The van der Waals surface area contributed by atoms with Gasteiger partial charge in [0.05, 0.1) is 0 Å². The first-order valence-corrected chi connectivity index (χ1v) is 9.42. The lowest BCUT2D eigenvalue weighted by Crippen LogP contribution is -2.25. The van der Waals surface area contributed by atoms with E-state index < -0.39 is 0 Å². The minimum absolute atomic E-state index is 0.355. The number of thiophene rings is 1. The number of benzene rings is 1. The van der Waals surface area contributed by atoms with Crippen molar-refractivity contribution in [2.24, 2.45) is 0 Å². The number of anilines is 1. The third-order valence-electron chi connectivity index (χ3n) is 3.91. The van der Waals surface area contributed by atoms with Crippen molar-refractivity contribution in [1.29, 1.82) is 0 Å². The van der Waals surface area contributed by atoms with Crippen LogP contribution in [0.3, 0.4) is 0 Å². The number of aromatic hydroxyl groups is 1. The molecule has 0 aliphatic rings. The number of nitrogens with zero attached hydrogens (tertiary/aromatic N) is 1. The molecule has 0 saturated carbocycles. The summed E-state index contributed by atoms with van der Waals surface area (Å²) in [5, 5.41) is 12.4. The van der Waals surface area contributed by atoms with Crippen molar-refractivity contribution in [3.63, 3.8) is 0 Å². The summed E-state index contributed by atoms with van der Waals surface area (Å²) < 4.78 is 0. The third kappa shape index (κ3) is 5.43. The summed E-state index contributed by atoms with van der Waals surface area (Å²) >= 11 is 1.70. The highest BCUT2D eigenvalue weighted by Gasteiger charge is 2.08. The maximum absolute atomic E-state index is 10.3. The van der Waals surface area contributed by atoms with Crippen molar-refractivity contribution < 1.29 is 5.11 Å². The summed E-state index contributed by atoms with van der Waals surface area (Å²) in [4.78, 5) is 3.58. The molecule has 0 fully saturated rings. The van der Waals surface area contributed by atoms with Crippen LogP contribution in [0.5, 0.6) is 5.75 Å². The van der Waals surface area contributed by atoms with Crippen LogP contribution >= 0.6 is 11.3 Å². The maximum Gasteiger partial charge on any atom is 0.124 e. The van der Waals surface area contributed by atoms with E-state index in [1.807, 2.05) is 30.4 Å². The van der Waals surface area contributed by atoms with Gasteiger partial charge in [0.2, 0.25) is 0 Å². The SMILES string of the molecule is CCCCN(CCCC)c1ccc(C=Cc2cccs2)c(O)c1. The lowest BCUT2D eigenvalue weighted by atomic mass is 10.1. The van der Waals surface area contributed by atoms with Gasteiger partial charge < -0.3 is 10.0 Å². The van der Waals surface area contributed by atoms with Crippen LogP contribution < -0.4 is 4.90 Å². The summed E-state index contributed by atoms with van der Waals surface area (Å²) in [6.45, 7) is 6.54. The van der Waals surface area contributed by atoms with Crippen molar-refractivity contribution in [3.05, 3.63) is 46.2 Å². The van der Waals surface area contributed by atoms with Crippen LogP contribution in [0.15, 0.2) is 35.7 Å². The number of hydrogen-bond acceptors (Lipinski definition) is 3.